The molecule has 0 fully saturated rings. The third-order valence-electron chi connectivity index (χ3n) is 5.95. The van der Waals surface area contributed by atoms with Crippen molar-refractivity contribution >= 4 is 6.09 Å². The van der Waals surface area contributed by atoms with Crippen molar-refractivity contribution in [2.24, 2.45) is 0 Å². The van der Waals surface area contributed by atoms with Gasteiger partial charge in [-0.3, -0.25) is 0 Å². The first-order valence-electron chi connectivity index (χ1n) is 10.3. The Morgan fingerprint density at radius 3 is 2.93 bits per heavy atom. The standard InChI is InChI=1S/C17H21NO3.C5H11NO2/c1-18-8-7-17-6-5-12(19)9-14(17)21-16-13(20-2)4-3-11(10-18)15(16)17;1-2-3-4-6-5(7)8/h3-6,12,14,19H,7-10H2,1-2H3;6H,2-4H2,1H3,(H,7,8)/t12-,14-,17-;/m0./s1. The molecule has 7 nitrogen and oxygen atoms in total. The molecule has 0 saturated carbocycles. The maximum absolute atomic E-state index is 9.97. The number of carbonyl (C=O) groups is 1. The summed E-state index contributed by atoms with van der Waals surface area (Å²) < 4.78 is 11.8. The lowest BCUT2D eigenvalue weighted by molar-refractivity contribution is 0.0821. The normalized spacial score (nSPS) is 26.9. The van der Waals surface area contributed by atoms with Crippen LogP contribution in [0.15, 0.2) is 24.3 Å². The number of aliphatic hydroxyl groups is 1. The van der Waals surface area contributed by atoms with Gasteiger partial charge in [-0.05, 0) is 38.1 Å². The molecule has 2 aliphatic heterocycles. The number of methoxy groups -OCH3 is 1. The van der Waals surface area contributed by atoms with Crippen molar-refractivity contribution in [2.45, 2.75) is 56.8 Å². The fourth-order valence-corrected chi connectivity index (χ4v) is 4.45. The molecule has 4 rings (SSSR count). The molecule has 160 valence electrons. The van der Waals surface area contributed by atoms with Crippen LogP contribution in [0.2, 0.25) is 0 Å². The largest absolute Gasteiger partial charge is 0.493 e. The van der Waals surface area contributed by atoms with Crippen LogP contribution >= 0.6 is 0 Å². The Labute approximate surface area is 172 Å². The minimum Gasteiger partial charge on any atom is -0.493 e. The summed E-state index contributed by atoms with van der Waals surface area (Å²) in [5.74, 6) is 1.68. The number of aliphatic hydroxyl groups excluding tert-OH is 1. The summed E-state index contributed by atoms with van der Waals surface area (Å²) in [5, 5.41) is 20.3. The van der Waals surface area contributed by atoms with E-state index in [0.717, 1.165) is 43.9 Å². The number of nitrogens with zero attached hydrogens (tertiary/aromatic N) is 1. The summed E-state index contributed by atoms with van der Waals surface area (Å²) in [4.78, 5) is 12.1. The molecule has 1 amide bonds. The number of amides is 1. The second-order valence-corrected chi connectivity index (χ2v) is 8.01. The molecule has 3 N–H and O–H groups in total. The van der Waals surface area contributed by atoms with Crippen LogP contribution in [0.3, 0.4) is 0 Å². The summed E-state index contributed by atoms with van der Waals surface area (Å²) in [6.45, 7) is 4.55. The topological polar surface area (TPSA) is 91.3 Å². The molecule has 0 aromatic heterocycles. The Hall–Kier alpha value is -2.25. The van der Waals surface area contributed by atoms with Crippen LogP contribution in [0.25, 0.3) is 0 Å². The van der Waals surface area contributed by atoms with E-state index in [1.54, 1.807) is 7.11 Å². The number of hydrogen-bond donors (Lipinski definition) is 3. The summed E-state index contributed by atoms with van der Waals surface area (Å²) in [7, 11) is 3.84. The van der Waals surface area contributed by atoms with E-state index in [1.165, 1.54) is 11.1 Å². The minimum absolute atomic E-state index is 0.00838. The highest BCUT2D eigenvalue weighted by Crippen LogP contribution is 2.55. The number of benzene rings is 1. The average Bonchev–Trinajstić information content (AvgIpc) is 2.94. The lowest BCUT2D eigenvalue weighted by atomic mass is 9.69. The van der Waals surface area contributed by atoms with Crippen LogP contribution in [-0.2, 0) is 12.0 Å². The first-order chi connectivity index (χ1) is 13.9. The molecule has 2 heterocycles. The summed E-state index contributed by atoms with van der Waals surface area (Å²) in [5.41, 5.74) is 2.48. The number of carboxylic acid groups (broad SMARTS) is 1. The molecule has 0 unspecified atom stereocenters. The zero-order chi connectivity index (χ0) is 21.0. The second kappa shape index (κ2) is 9.05. The second-order valence-electron chi connectivity index (χ2n) is 8.01. The fraction of sp³-hybridized carbons (Fsp3) is 0.591. The van der Waals surface area contributed by atoms with Crippen LogP contribution in [0.5, 0.6) is 11.5 Å². The molecule has 0 saturated heterocycles. The predicted octanol–water partition coefficient (Wildman–Crippen LogP) is 2.90. The maximum atomic E-state index is 9.97. The number of unbranched alkanes of at least 4 members (excludes halogenated alkanes) is 1. The molecule has 3 aliphatic rings. The van der Waals surface area contributed by atoms with Crippen LogP contribution < -0.4 is 14.8 Å². The molecule has 1 aromatic carbocycles. The molecule has 3 atom stereocenters. The zero-order valence-electron chi connectivity index (χ0n) is 17.5. The third-order valence-corrected chi connectivity index (χ3v) is 5.95. The molecule has 7 heteroatoms. The Morgan fingerprint density at radius 2 is 2.24 bits per heavy atom. The van der Waals surface area contributed by atoms with Gasteiger partial charge in [-0.2, -0.15) is 0 Å². The first kappa shape index (κ1) is 21.5. The smallest absolute Gasteiger partial charge is 0.404 e. The molecule has 29 heavy (non-hydrogen) atoms. The Morgan fingerprint density at radius 1 is 1.45 bits per heavy atom. The van der Waals surface area contributed by atoms with Crippen molar-refractivity contribution < 1.29 is 24.5 Å². The quantitative estimate of drug-likeness (QED) is 0.528. The van der Waals surface area contributed by atoms with Gasteiger partial charge in [0.15, 0.2) is 11.5 Å². The lowest BCUT2D eigenvalue weighted by Gasteiger charge is -2.35. The SMILES string of the molecule is CCCCNC(=O)O.COc1ccc2c3c1O[C@H]1C[C@@H](O)C=C[C@@]31CCN(C)C2. The van der Waals surface area contributed by atoms with Gasteiger partial charge in [0.25, 0.3) is 0 Å². The first-order valence-corrected chi connectivity index (χ1v) is 10.3. The van der Waals surface area contributed by atoms with Crippen LogP contribution in [0.4, 0.5) is 4.79 Å². The zero-order valence-corrected chi connectivity index (χ0v) is 17.5. The van der Waals surface area contributed by atoms with E-state index < -0.39 is 12.2 Å². The van der Waals surface area contributed by atoms with Crippen molar-refractivity contribution in [3.05, 3.63) is 35.4 Å². The fourth-order valence-electron chi connectivity index (χ4n) is 4.45. The van der Waals surface area contributed by atoms with Gasteiger partial charge in [0.1, 0.15) is 6.10 Å². The van der Waals surface area contributed by atoms with Gasteiger partial charge in [0, 0.05) is 25.1 Å². The summed E-state index contributed by atoms with van der Waals surface area (Å²) in [6, 6.07) is 4.16. The number of ether oxygens (including phenoxy) is 2. The Balaban J connectivity index is 0.000000258. The van der Waals surface area contributed by atoms with E-state index in [9.17, 15) is 9.90 Å². The average molecular weight is 405 g/mol. The van der Waals surface area contributed by atoms with E-state index in [1.807, 2.05) is 19.1 Å². The van der Waals surface area contributed by atoms with Crippen LogP contribution in [0, 0.1) is 0 Å². The highest BCUT2D eigenvalue weighted by Gasteiger charge is 2.52. The van der Waals surface area contributed by atoms with E-state index in [-0.39, 0.29) is 11.5 Å². The molecule has 0 bridgehead atoms. The van der Waals surface area contributed by atoms with Crippen molar-refractivity contribution in [1.82, 2.24) is 10.2 Å². The third kappa shape index (κ3) is 4.36. The van der Waals surface area contributed by atoms with E-state index in [0.29, 0.717) is 13.0 Å². The highest BCUT2D eigenvalue weighted by atomic mass is 16.5. The van der Waals surface area contributed by atoms with Gasteiger partial charge in [-0.1, -0.05) is 31.6 Å². The molecule has 1 aliphatic carbocycles. The van der Waals surface area contributed by atoms with Crippen LogP contribution in [-0.4, -0.2) is 60.7 Å². The van der Waals surface area contributed by atoms with E-state index >= 15 is 0 Å². The minimum atomic E-state index is -0.932. The van der Waals surface area contributed by atoms with Crippen molar-refractivity contribution in [3.8, 4) is 11.5 Å². The van der Waals surface area contributed by atoms with Gasteiger partial charge >= 0.3 is 6.09 Å². The molecule has 0 radical (unpaired) electrons. The van der Waals surface area contributed by atoms with E-state index in [4.69, 9.17) is 14.6 Å². The van der Waals surface area contributed by atoms with E-state index in [2.05, 4.69) is 29.4 Å². The Bertz CT molecular complexity index is 766. The van der Waals surface area contributed by atoms with Crippen molar-refractivity contribution in [2.75, 3.05) is 27.2 Å². The van der Waals surface area contributed by atoms with Crippen molar-refractivity contribution in [3.63, 3.8) is 0 Å². The number of hydrogen-bond acceptors (Lipinski definition) is 5. The summed E-state index contributed by atoms with van der Waals surface area (Å²) >= 11 is 0. The Kier molecular flexibility index (Phi) is 6.70. The van der Waals surface area contributed by atoms with Crippen LogP contribution in [0.1, 0.15) is 43.7 Å². The van der Waals surface area contributed by atoms with Gasteiger partial charge < -0.3 is 29.9 Å². The van der Waals surface area contributed by atoms with Gasteiger partial charge in [-0.15, -0.1) is 0 Å². The summed E-state index contributed by atoms with van der Waals surface area (Å²) in [6.07, 6.45) is 6.40. The van der Waals surface area contributed by atoms with Gasteiger partial charge in [0.05, 0.1) is 18.6 Å². The number of nitrogens with one attached hydrogen (secondary N) is 1. The maximum Gasteiger partial charge on any atom is 0.404 e. The van der Waals surface area contributed by atoms with Gasteiger partial charge in [-0.25, -0.2) is 4.79 Å². The van der Waals surface area contributed by atoms with Gasteiger partial charge in [0.2, 0.25) is 0 Å². The van der Waals surface area contributed by atoms with Crippen molar-refractivity contribution in [1.29, 1.82) is 0 Å². The highest BCUT2D eigenvalue weighted by molar-refractivity contribution is 5.64. The molecular weight excluding hydrogens is 372 g/mol. The lowest BCUT2D eigenvalue weighted by Crippen LogP contribution is -2.42. The molecule has 1 aromatic rings. The predicted molar refractivity (Wildman–Crippen MR) is 111 cm³/mol. The number of rotatable bonds is 4. The molecular formula is C22H32N2O5. The monoisotopic (exact) mass is 404 g/mol. The molecule has 1 spiro atoms.